The molecule has 7 nitrogen and oxygen atoms in total. The van der Waals surface area contributed by atoms with Gasteiger partial charge in [-0.2, -0.15) is 5.10 Å². The quantitative estimate of drug-likeness (QED) is 0.0767. The van der Waals surface area contributed by atoms with Gasteiger partial charge in [0.2, 0.25) is 0 Å². The van der Waals surface area contributed by atoms with E-state index in [2.05, 4.69) is 48.5 Å². The van der Waals surface area contributed by atoms with E-state index in [-0.39, 0.29) is 5.97 Å². The van der Waals surface area contributed by atoms with Crippen molar-refractivity contribution >= 4 is 27.6 Å². The number of aromatic nitrogens is 3. The lowest BCUT2D eigenvalue weighted by atomic mass is 9.93. The summed E-state index contributed by atoms with van der Waals surface area (Å²) in [5.41, 5.74) is 7.48. The predicted molar refractivity (Wildman–Crippen MR) is 178 cm³/mol. The maximum atomic E-state index is 13.3. The second-order valence-electron chi connectivity index (χ2n) is 10.8. The number of hydrogen-bond acceptors (Lipinski definition) is 5. The van der Waals surface area contributed by atoms with E-state index in [1.807, 2.05) is 55.9 Å². The number of nitrogens with one attached hydrogen (secondary N) is 1. The molecule has 0 saturated carbocycles. The zero-order valence-electron chi connectivity index (χ0n) is 25.9. The Hall–Kier alpha value is -4.62. The number of carbonyl (C=O) groups excluding carboxylic acids is 1. The molecule has 44 heavy (non-hydrogen) atoms. The minimum Gasteiger partial charge on any atom is -0.493 e. The minimum absolute atomic E-state index is 0.292. The lowest BCUT2D eigenvalue weighted by Crippen LogP contribution is -2.09. The molecule has 0 amide bonds. The molecule has 0 atom stereocenters. The van der Waals surface area contributed by atoms with Crippen LogP contribution in [0.25, 0.3) is 32.8 Å². The van der Waals surface area contributed by atoms with Crippen LogP contribution in [0, 0.1) is 6.92 Å². The van der Waals surface area contributed by atoms with Crippen LogP contribution in [0.3, 0.4) is 0 Å². The highest BCUT2D eigenvalue weighted by Gasteiger charge is 2.25. The van der Waals surface area contributed by atoms with Crippen molar-refractivity contribution in [1.29, 1.82) is 0 Å². The Balaban J connectivity index is 1.54. The van der Waals surface area contributed by atoms with Gasteiger partial charge in [0.15, 0.2) is 0 Å². The number of hydrogen-bond donors (Lipinski definition) is 1. The maximum absolute atomic E-state index is 13.3. The smallest absolute Gasteiger partial charge is 0.355 e. The summed E-state index contributed by atoms with van der Waals surface area (Å²) in [6.45, 7) is 13.4. The summed E-state index contributed by atoms with van der Waals surface area (Å²) in [5.74, 6) is 0.504. The van der Waals surface area contributed by atoms with Crippen LogP contribution < -0.4 is 4.74 Å². The molecule has 1 N–H and O–H groups in total. The molecular weight excluding hydrogens is 550 g/mol. The molecule has 0 unspecified atom stereocenters. The van der Waals surface area contributed by atoms with E-state index in [1.165, 1.54) is 0 Å². The summed E-state index contributed by atoms with van der Waals surface area (Å²) in [6, 6.07) is 18.6. The van der Waals surface area contributed by atoms with Crippen molar-refractivity contribution in [3.05, 3.63) is 108 Å². The van der Waals surface area contributed by atoms with E-state index in [1.54, 1.807) is 6.08 Å². The number of aryl methyl sites for hydroxylation is 3. The highest BCUT2D eigenvalue weighted by molar-refractivity contribution is 6.05. The van der Waals surface area contributed by atoms with Gasteiger partial charge >= 0.3 is 5.97 Å². The predicted octanol–water partition coefficient (Wildman–Crippen LogP) is 7.69. The lowest BCUT2D eigenvalue weighted by Gasteiger charge is -2.12. The fourth-order valence-corrected chi connectivity index (χ4v) is 6.04. The highest BCUT2D eigenvalue weighted by Crippen LogP contribution is 2.38. The SMILES string of the molecule is C=CCOCCc1c(-c2ccc(CC=C)c3c(CCCOc4cccc5ccccc45)c(C(=O)OCC)[nH]c23)c(C)nn1C. The van der Waals surface area contributed by atoms with Crippen LogP contribution in [0.5, 0.6) is 5.75 Å². The molecular formula is C37H41N3O4. The van der Waals surface area contributed by atoms with Crippen LogP contribution in [0.1, 0.15) is 46.3 Å². The van der Waals surface area contributed by atoms with E-state index >= 15 is 0 Å². The van der Waals surface area contributed by atoms with Crippen molar-refractivity contribution in [3.63, 3.8) is 0 Å². The number of fused-ring (bicyclic) bond motifs is 2. The number of ether oxygens (including phenoxy) is 3. The molecule has 0 spiro atoms. The number of aromatic amines is 1. The molecule has 0 radical (unpaired) electrons. The molecule has 0 bridgehead atoms. The van der Waals surface area contributed by atoms with E-state index in [0.717, 1.165) is 67.5 Å². The van der Waals surface area contributed by atoms with E-state index < -0.39 is 0 Å². The van der Waals surface area contributed by atoms with E-state index in [4.69, 9.17) is 19.3 Å². The van der Waals surface area contributed by atoms with E-state index in [9.17, 15) is 4.79 Å². The summed E-state index contributed by atoms with van der Waals surface area (Å²) in [5, 5.41) is 8.03. The zero-order chi connectivity index (χ0) is 31.1. The first-order valence-corrected chi connectivity index (χ1v) is 15.2. The second kappa shape index (κ2) is 14.2. The summed E-state index contributed by atoms with van der Waals surface area (Å²) < 4.78 is 19.4. The largest absolute Gasteiger partial charge is 0.493 e. The number of benzene rings is 3. The normalized spacial score (nSPS) is 11.2. The van der Waals surface area contributed by atoms with Crippen molar-refractivity contribution < 1.29 is 19.0 Å². The van der Waals surface area contributed by atoms with E-state index in [0.29, 0.717) is 51.4 Å². The number of nitrogens with zero attached hydrogens (tertiary/aromatic N) is 2. The topological polar surface area (TPSA) is 78.4 Å². The van der Waals surface area contributed by atoms with Gasteiger partial charge in [-0.15, -0.1) is 13.2 Å². The standard InChI is InChI=1S/C37H41N3O4/c1-6-13-27-19-20-30(33-25(4)39-40(5)31(33)21-24-42-22-7-2)35-34(27)29(36(38-35)37(41)43-8-3)17-12-23-44-32-18-11-15-26-14-9-10-16-28(26)32/h6-7,9-11,14-16,18-20,38H,1-2,8,12-13,17,21-24H2,3-5H3. The van der Waals surface area contributed by atoms with Gasteiger partial charge in [0.25, 0.3) is 0 Å². The van der Waals surface area contributed by atoms with Gasteiger partial charge in [-0.05, 0) is 55.7 Å². The van der Waals surface area contributed by atoms with Crippen LogP contribution in [0.15, 0.2) is 79.9 Å². The van der Waals surface area contributed by atoms with Crippen molar-refractivity contribution in [3.8, 4) is 16.9 Å². The zero-order valence-corrected chi connectivity index (χ0v) is 25.9. The highest BCUT2D eigenvalue weighted by atomic mass is 16.5. The van der Waals surface area contributed by atoms with Crippen LogP contribution in [-0.4, -0.2) is 47.2 Å². The second-order valence-corrected chi connectivity index (χ2v) is 10.8. The number of H-pyrrole nitrogens is 1. The third kappa shape index (κ3) is 6.33. The van der Waals surface area contributed by atoms with Gasteiger partial charge < -0.3 is 19.2 Å². The molecule has 7 heteroatoms. The first-order valence-electron chi connectivity index (χ1n) is 15.2. The molecule has 0 aliphatic carbocycles. The Morgan fingerprint density at radius 1 is 1.02 bits per heavy atom. The average Bonchev–Trinajstić information content (AvgIpc) is 3.54. The molecule has 228 valence electrons. The van der Waals surface area contributed by atoms with Crippen LogP contribution >= 0.6 is 0 Å². The van der Waals surface area contributed by atoms with Gasteiger partial charge in [-0.25, -0.2) is 4.79 Å². The summed E-state index contributed by atoms with van der Waals surface area (Å²) in [4.78, 5) is 16.9. The molecule has 0 saturated heterocycles. The molecule has 2 aromatic heterocycles. The fourth-order valence-electron chi connectivity index (χ4n) is 6.04. The Kier molecular flexibility index (Phi) is 9.97. The number of rotatable bonds is 15. The van der Waals surface area contributed by atoms with Crippen LogP contribution in [0.2, 0.25) is 0 Å². The Morgan fingerprint density at radius 2 is 1.84 bits per heavy atom. The van der Waals surface area contributed by atoms with Gasteiger partial charge in [0.05, 0.1) is 37.6 Å². The van der Waals surface area contributed by atoms with Gasteiger partial charge in [0.1, 0.15) is 11.4 Å². The van der Waals surface area contributed by atoms with Crippen molar-refractivity contribution in [2.24, 2.45) is 7.05 Å². The summed E-state index contributed by atoms with van der Waals surface area (Å²) in [7, 11) is 1.96. The molecule has 3 aromatic carbocycles. The summed E-state index contributed by atoms with van der Waals surface area (Å²) >= 11 is 0. The van der Waals surface area contributed by atoms with Crippen LogP contribution in [0.4, 0.5) is 0 Å². The molecule has 5 aromatic rings. The van der Waals surface area contributed by atoms with Gasteiger partial charge in [-0.1, -0.05) is 60.7 Å². The molecule has 5 rings (SSSR count). The maximum Gasteiger partial charge on any atom is 0.355 e. The van der Waals surface area contributed by atoms with Crippen molar-refractivity contribution in [1.82, 2.24) is 14.8 Å². The lowest BCUT2D eigenvalue weighted by molar-refractivity contribution is 0.0519. The number of carbonyl (C=O) groups is 1. The summed E-state index contributed by atoms with van der Waals surface area (Å²) in [6.07, 6.45) is 6.38. The average molecular weight is 592 g/mol. The Labute approximate surface area is 259 Å². The van der Waals surface area contributed by atoms with Gasteiger partial charge in [-0.3, -0.25) is 4.68 Å². The van der Waals surface area contributed by atoms with Crippen molar-refractivity contribution in [2.75, 3.05) is 26.4 Å². The third-order valence-electron chi connectivity index (χ3n) is 7.90. The minimum atomic E-state index is -0.356. The molecule has 0 fully saturated rings. The van der Waals surface area contributed by atoms with Crippen molar-refractivity contribution in [2.45, 2.75) is 39.5 Å². The Morgan fingerprint density at radius 3 is 2.64 bits per heavy atom. The monoisotopic (exact) mass is 591 g/mol. The first kappa shape index (κ1) is 30.8. The molecule has 2 heterocycles. The first-order chi connectivity index (χ1) is 21.5. The van der Waals surface area contributed by atoms with Crippen LogP contribution in [-0.2, 0) is 35.8 Å². The Bertz CT molecular complexity index is 1790. The molecule has 0 aliphatic heterocycles. The number of esters is 1. The number of allylic oxidation sites excluding steroid dienone is 1. The fraction of sp³-hybridized carbons (Fsp3) is 0.297. The third-order valence-corrected chi connectivity index (χ3v) is 7.90. The van der Waals surface area contributed by atoms with Gasteiger partial charge in [0, 0.05) is 41.1 Å². The molecule has 0 aliphatic rings.